The average Bonchev–Trinajstić information content (AvgIpc) is 1.25. The molecule has 4 heteroatoms. The largest absolute Gasteiger partial charge is 0.371 e. The minimum absolute atomic E-state index is 1.21. The van der Waals surface area contributed by atoms with Gasteiger partial charge in [0.15, 0.2) is 10.1 Å². The molecule has 8 heavy (non-hydrogen) atoms. The van der Waals surface area contributed by atoms with Gasteiger partial charge in [-0.2, -0.15) is 0 Å². The van der Waals surface area contributed by atoms with E-state index in [-0.39, 0.29) is 0 Å². The van der Waals surface area contributed by atoms with E-state index in [9.17, 15) is 0 Å². The van der Waals surface area contributed by atoms with Crippen LogP contribution < -0.4 is 0 Å². The van der Waals surface area contributed by atoms with E-state index in [1.807, 2.05) is 0 Å². The molecule has 0 fully saturated rings. The third kappa shape index (κ3) is 2.18. The first kappa shape index (κ1) is 8.50. The van der Waals surface area contributed by atoms with E-state index in [0.717, 1.165) is 0 Å². The molecule has 0 aliphatic heterocycles. The SMILES string of the molecule is CC(O)(Cl)C(C)(O)Cl. The van der Waals surface area contributed by atoms with E-state index in [1.54, 1.807) is 0 Å². The highest BCUT2D eigenvalue weighted by atomic mass is 35.5. The van der Waals surface area contributed by atoms with Crippen LogP contribution in [0.3, 0.4) is 0 Å². The minimum Gasteiger partial charge on any atom is -0.371 e. The van der Waals surface area contributed by atoms with E-state index in [2.05, 4.69) is 0 Å². The Morgan fingerprint density at radius 2 is 1.12 bits per heavy atom. The smallest absolute Gasteiger partial charge is 0.178 e. The van der Waals surface area contributed by atoms with Gasteiger partial charge in [-0.05, 0) is 13.8 Å². The monoisotopic (exact) mass is 158 g/mol. The molecule has 0 aliphatic rings. The summed E-state index contributed by atoms with van der Waals surface area (Å²) in [5.74, 6) is 0. The fraction of sp³-hybridized carbons (Fsp3) is 1.00. The number of hydrogen-bond donors (Lipinski definition) is 2. The zero-order valence-corrected chi connectivity index (χ0v) is 6.16. The van der Waals surface area contributed by atoms with E-state index < -0.39 is 10.1 Å². The standard InChI is InChI=1S/C4H8Cl2O2/c1-3(5,7)4(2,6)8/h7-8H,1-2H3. The van der Waals surface area contributed by atoms with Crippen molar-refractivity contribution in [3.05, 3.63) is 0 Å². The number of aliphatic hydroxyl groups is 2. The predicted molar refractivity (Wildman–Crippen MR) is 33.0 cm³/mol. The molecule has 0 aromatic carbocycles. The van der Waals surface area contributed by atoms with Gasteiger partial charge in [0.25, 0.3) is 0 Å². The van der Waals surface area contributed by atoms with E-state index in [1.165, 1.54) is 13.8 Å². The molecular formula is C4H8Cl2O2. The number of hydrogen-bond acceptors (Lipinski definition) is 2. The van der Waals surface area contributed by atoms with Gasteiger partial charge in [0.1, 0.15) is 0 Å². The summed E-state index contributed by atoms with van der Waals surface area (Å²) < 4.78 is 0. The summed E-state index contributed by atoms with van der Waals surface area (Å²) in [7, 11) is 0. The van der Waals surface area contributed by atoms with Crippen molar-refractivity contribution in [1.82, 2.24) is 0 Å². The van der Waals surface area contributed by atoms with Crippen LogP contribution in [0.25, 0.3) is 0 Å². The topological polar surface area (TPSA) is 40.5 Å². The molecule has 2 unspecified atom stereocenters. The first-order valence-electron chi connectivity index (χ1n) is 2.08. The molecule has 0 radical (unpaired) electrons. The van der Waals surface area contributed by atoms with E-state index in [4.69, 9.17) is 33.4 Å². The van der Waals surface area contributed by atoms with Gasteiger partial charge in [-0.25, -0.2) is 0 Å². The Hall–Kier alpha value is 0.500. The maximum absolute atomic E-state index is 8.74. The maximum Gasteiger partial charge on any atom is 0.178 e. The van der Waals surface area contributed by atoms with E-state index in [0.29, 0.717) is 0 Å². The zero-order valence-electron chi connectivity index (χ0n) is 4.65. The van der Waals surface area contributed by atoms with Crippen LogP contribution in [0.5, 0.6) is 0 Å². The Labute approximate surface area is 58.0 Å². The zero-order chi connectivity index (χ0) is 7.00. The summed E-state index contributed by atoms with van der Waals surface area (Å²) in [4.78, 5) is 0. The van der Waals surface area contributed by atoms with Crippen molar-refractivity contribution in [1.29, 1.82) is 0 Å². The minimum atomic E-state index is -1.77. The molecule has 0 saturated carbocycles. The fourth-order valence-corrected chi connectivity index (χ4v) is 0. The van der Waals surface area contributed by atoms with Gasteiger partial charge < -0.3 is 10.2 Å². The lowest BCUT2D eigenvalue weighted by molar-refractivity contribution is -0.0195. The molecule has 0 heterocycles. The van der Waals surface area contributed by atoms with Crippen LogP contribution in [0.2, 0.25) is 0 Å². The molecule has 0 aromatic heterocycles. The first-order valence-corrected chi connectivity index (χ1v) is 2.83. The van der Waals surface area contributed by atoms with Crippen molar-refractivity contribution in [2.24, 2.45) is 0 Å². The highest BCUT2D eigenvalue weighted by Crippen LogP contribution is 2.28. The molecule has 0 amide bonds. The molecule has 2 atom stereocenters. The van der Waals surface area contributed by atoms with Crippen molar-refractivity contribution >= 4 is 23.2 Å². The third-order valence-electron chi connectivity index (χ3n) is 0.833. The van der Waals surface area contributed by atoms with Crippen LogP contribution >= 0.6 is 23.2 Å². The first-order chi connectivity index (χ1) is 3.25. The predicted octanol–water partition coefficient (Wildman–Crippen LogP) is 0.881. The lowest BCUT2D eigenvalue weighted by atomic mass is 10.2. The highest BCUT2D eigenvalue weighted by Gasteiger charge is 2.37. The molecule has 0 aromatic rings. The summed E-state index contributed by atoms with van der Waals surface area (Å²) in [6.45, 7) is 2.42. The summed E-state index contributed by atoms with van der Waals surface area (Å²) in [5, 5.41) is 13.9. The Morgan fingerprint density at radius 3 is 1.12 bits per heavy atom. The van der Waals surface area contributed by atoms with Gasteiger partial charge >= 0.3 is 0 Å². The third-order valence-corrected chi connectivity index (χ3v) is 1.67. The number of alkyl halides is 2. The number of halogens is 2. The van der Waals surface area contributed by atoms with Crippen molar-refractivity contribution in [2.75, 3.05) is 0 Å². The van der Waals surface area contributed by atoms with E-state index >= 15 is 0 Å². The Bertz CT molecular complexity index is 67.0. The number of rotatable bonds is 1. The van der Waals surface area contributed by atoms with Crippen LogP contribution in [-0.4, -0.2) is 20.3 Å². The lowest BCUT2D eigenvalue weighted by Gasteiger charge is -2.26. The summed E-state index contributed by atoms with van der Waals surface area (Å²) in [6, 6.07) is 0. The van der Waals surface area contributed by atoms with Gasteiger partial charge in [0.05, 0.1) is 0 Å². The second-order valence-electron chi connectivity index (χ2n) is 1.91. The Balaban J connectivity index is 4.02. The summed E-state index contributed by atoms with van der Waals surface area (Å²) in [6.07, 6.45) is 0. The molecule has 0 spiro atoms. The van der Waals surface area contributed by atoms with Crippen molar-refractivity contribution < 1.29 is 10.2 Å². The van der Waals surface area contributed by atoms with Crippen LogP contribution in [0.1, 0.15) is 13.8 Å². The van der Waals surface area contributed by atoms with Gasteiger partial charge in [0, 0.05) is 0 Å². The van der Waals surface area contributed by atoms with Crippen molar-refractivity contribution in [3.63, 3.8) is 0 Å². The second-order valence-corrected chi connectivity index (χ2v) is 3.38. The molecule has 0 aliphatic carbocycles. The average molecular weight is 159 g/mol. The molecule has 2 N–H and O–H groups in total. The molecule has 0 bridgehead atoms. The normalized spacial score (nSPS) is 26.2. The molecule has 0 saturated heterocycles. The second kappa shape index (κ2) is 2.03. The van der Waals surface area contributed by atoms with Crippen LogP contribution in [0.4, 0.5) is 0 Å². The summed E-state index contributed by atoms with van der Waals surface area (Å²) in [5.41, 5.74) is 0. The van der Waals surface area contributed by atoms with Crippen LogP contribution in [0.15, 0.2) is 0 Å². The van der Waals surface area contributed by atoms with Crippen LogP contribution in [0, 0.1) is 0 Å². The summed E-state index contributed by atoms with van der Waals surface area (Å²) >= 11 is 10.4. The van der Waals surface area contributed by atoms with Crippen LogP contribution in [-0.2, 0) is 0 Å². The molecule has 0 rings (SSSR count). The molecule has 50 valence electrons. The fourth-order valence-electron chi connectivity index (χ4n) is 0. The highest BCUT2D eigenvalue weighted by molar-refractivity contribution is 6.32. The molecule has 2 nitrogen and oxygen atoms in total. The van der Waals surface area contributed by atoms with Gasteiger partial charge in [-0.15, -0.1) is 0 Å². The molecular weight excluding hydrogens is 151 g/mol. The Morgan fingerprint density at radius 1 is 1.00 bits per heavy atom. The Kier molecular flexibility index (Phi) is 2.15. The maximum atomic E-state index is 8.74. The quantitative estimate of drug-likeness (QED) is 0.557. The van der Waals surface area contributed by atoms with Gasteiger partial charge in [-0.3, -0.25) is 0 Å². The van der Waals surface area contributed by atoms with Gasteiger partial charge in [-0.1, -0.05) is 23.2 Å². The lowest BCUT2D eigenvalue weighted by Crippen LogP contribution is -2.40. The van der Waals surface area contributed by atoms with Crippen molar-refractivity contribution in [3.8, 4) is 0 Å². The van der Waals surface area contributed by atoms with Crippen molar-refractivity contribution in [2.45, 2.75) is 24.0 Å². The van der Waals surface area contributed by atoms with Gasteiger partial charge in [0.2, 0.25) is 0 Å².